The van der Waals surface area contributed by atoms with Crippen molar-refractivity contribution in [3.8, 4) is 0 Å². The van der Waals surface area contributed by atoms with E-state index in [1.807, 2.05) is 36.0 Å². The number of rotatable bonds is 4. The van der Waals surface area contributed by atoms with Gasteiger partial charge in [0.1, 0.15) is 12.1 Å². The van der Waals surface area contributed by atoms with Crippen molar-refractivity contribution in [1.82, 2.24) is 19.7 Å². The summed E-state index contributed by atoms with van der Waals surface area (Å²) in [6, 6.07) is 8.00. The highest BCUT2D eigenvalue weighted by molar-refractivity contribution is 5.88. The van der Waals surface area contributed by atoms with E-state index < -0.39 is 0 Å². The zero-order chi connectivity index (χ0) is 13.9. The Balaban J connectivity index is 1.86. The average Bonchev–Trinajstić information content (AvgIpc) is 2.85. The summed E-state index contributed by atoms with van der Waals surface area (Å²) < 4.78 is 1.86. The Morgan fingerprint density at radius 2 is 2.05 bits per heavy atom. The molecule has 0 amide bonds. The quantitative estimate of drug-likeness (QED) is 0.789. The molecule has 0 spiro atoms. The van der Waals surface area contributed by atoms with Crippen LogP contribution in [-0.2, 0) is 20.0 Å². The van der Waals surface area contributed by atoms with Gasteiger partial charge >= 0.3 is 0 Å². The third-order valence-electron chi connectivity index (χ3n) is 3.32. The van der Waals surface area contributed by atoms with Crippen molar-refractivity contribution in [2.45, 2.75) is 19.9 Å². The van der Waals surface area contributed by atoms with E-state index in [0.717, 1.165) is 35.4 Å². The Bertz CT molecular complexity index is 727. The number of hydrogen-bond acceptors (Lipinski definition) is 4. The van der Waals surface area contributed by atoms with Crippen molar-refractivity contribution >= 4 is 16.7 Å². The van der Waals surface area contributed by atoms with E-state index in [2.05, 4.69) is 33.5 Å². The van der Waals surface area contributed by atoms with E-state index in [1.54, 1.807) is 6.33 Å². The van der Waals surface area contributed by atoms with Gasteiger partial charge in [-0.1, -0.05) is 19.1 Å². The first-order valence-electron chi connectivity index (χ1n) is 6.73. The van der Waals surface area contributed by atoms with Crippen molar-refractivity contribution in [1.29, 1.82) is 0 Å². The molecule has 0 saturated heterocycles. The van der Waals surface area contributed by atoms with Gasteiger partial charge < -0.3 is 5.32 Å². The molecule has 0 aliphatic carbocycles. The lowest BCUT2D eigenvalue weighted by atomic mass is 10.2. The largest absolute Gasteiger partial charge is 0.365 e. The van der Waals surface area contributed by atoms with Crippen LogP contribution < -0.4 is 5.32 Å². The number of aryl methyl sites for hydroxylation is 2. The van der Waals surface area contributed by atoms with Gasteiger partial charge in [0, 0.05) is 30.7 Å². The molecule has 20 heavy (non-hydrogen) atoms. The van der Waals surface area contributed by atoms with Crippen LogP contribution in [0, 0.1) is 0 Å². The summed E-state index contributed by atoms with van der Waals surface area (Å²) in [5.41, 5.74) is 3.28. The van der Waals surface area contributed by atoms with E-state index in [-0.39, 0.29) is 0 Å². The highest BCUT2D eigenvalue weighted by Crippen LogP contribution is 2.19. The normalized spacial score (nSPS) is 10.9. The van der Waals surface area contributed by atoms with Crippen molar-refractivity contribution < 1.29 is 0 Å². The summed E-state index contributed by atoms with van der Waals surface area (Å²) in [5.74, 6) is 0.863. The SMILES string of the molecule is CCc1nn(C)cc1CNc1ncnc2ccccc12. The predicted octanol–water partition coefficient (Wildman–Crippen LogP) is 2.54. The number of nitrogens with zero attached hydrogens (tertiary/aromatic N) is 4. The van der Waals surface area contributed by atoms with E-state index in [4.69, 9.17) is 0 Å². The van der Waals surface area contributed by atoms with Crippen LogP contribution in [0.25, 0.3) is 10.9 Å². The molecular weight excluding hydrogens is 250 g/mol. The third kappa shape index (κ3) is 2.34. The number of benzene rings is 1. The zero-order valence-corrected chi connectivity index (χ0v) is 11.7. The van der Waals surface area contributed by atoms with Crippen molar-refractivity contribution in [3.63, 3.8) is 0 Å². The van der Waals surface area contributed by atoms with E-state index >= 15 is 0 Å². The van der Waals surface area contributed by atoms with Gasteiger partial charge in [-0.2, -0.15) is 5.10 Å². The number of para-hydroxylation sites is 1. The molecule has 102 valence electrons. The van der Waals surface area contributed by atoms with Gasteiger partial charge in [0.2, 0.25) is 0 Å². The van der Waals surface area contributed by atoms with Crippen LogP contribution in [0.3, 0.4) is 0 Å². The van der Waals surface area contributed by atoms with Crippen molar-refractivity contribution in [2.24, 2.45) is 7.05 Å². The van der Waals surface area contributed by atoms with Gasteiger partial charge in [-0.05, 0) is 18.6 Å². The van der Waals surface area contributed by atoms with Crippen LogP contribution in [0.2, 0.25) is 0 Å². The average molecular weight is 267 g/mol. The predicted molar refractivity (Wildman–Crippen MR) is 79.5 cm³/mol. The number of anilines is 1. The minimum absolute atomic E-state index is 0.720. The number of nitrogens with one attached hydrogen (secondary N) is 1. The van der Waals surface area contributed by atoms with Crippen LogP contribution >= 0.6 is 0 Å². The minimum Gasteiger partial charge on any atom is -0.365 e. The van der Waals surface area contributed by atoms with E-state index in [0.29, 0.717) is 0 Å². The molecule has 0 fully saturated rings. The van der Waals surface area contributed by atoms with Gasteiger partial charge in [-0.15, -0.1) is 0 Å². The van der Waals surface area contributed by atoms with E-state index in [9.17, 15) is 0 Å². The Kier molecular flexibility index (Phi) is 3.33. The molecule has 0 aliphatic heterocycles. The highest BCUT2D eigenvalue weighted by Gasteiger charge is 2.07. The number of aromatic nitrogens is 4. The fraction of sp³-hybridized carbons (Fsp3) is 0.267. The van der Waals surface area contributed by atoms with Crippen molar-refractivity contribution in [2.75, 3.05) is 5.32 Å². The second-order valence-corrected chi connectivity index (χ2v) is 4.72. The molecule has 0 unspecified atom stereocenters. The van der Waals surface area contributed by atoms with E-state index in [1.165, 1.54) is 5.56 Å². The highest BCUT2D eigenvalue weighted by atomic mass is 15.3. The topological polar surface area (TPSA) is 55.6 Å². The maximum atomic E-state index is 4.45. The minimum atomic E-state index is 0.720. The molecule has 1 N–H and O–H groups in total. The first-order valence-corrected chi connectivity index (χ1v) is 6.73. The summed E-state index contributed by atoms with van der Waals surface area (Å²) >= 11 is 0. The van der Waals surface area contributed by atoms with Gasteiger partial charge in [-0.3, -0.25) is 4.68 Å². The first-order chi connectivity index (χ1) is 9.78. The van der Waals surface area contributed by atoms with Crippen LogP contribution in [-0.4, -0.2) is 19.7 Å². The molecule has 2 heterocycles. The summed E-state index contributed by atoms with van der Waals surface area (Å²) in [5, 5.41) is 8.87. The van der Waals surface area contributed by atoms with Gasteiger partial charge in [0.25, 0.3) is 0 Å². The molecule has 0 atom stereocenters. The lowest BCUT2D eigenvalue weighted by molar-refractivity contribution is 0.746. The van der Waals surface area contributed by atoms with Crippen LogP contribution in [0.4, 0.5) is 5.82 Å². The van der Waals surface area contributed by atoms with Gasteiger partial charge in [-0.25, -0.2) is 9.97 Å². The molecule has 5 heteroatoms. The summed E-state index contributed by atoms with van der Waals surface area (Å²) in [4.78, 5) is 8.60. The standard InChI is InChI=1S/C15H17N5/c1-3-13-11(9-20(2)19-13)8-16-15-12-6-4-5-7-14(12)17-10-18-15/h4-7,9-10H,3,8H2,1-2H3,(H,16,17,18). The Hall–Kier alpha value is -2.43. The molecule has 3 rings (SSSR count). The molecule has 2 aromatic heterocycles. The molecule has 1 aromatic carbocycles. The summed E-state index contributed by atoms with van der Waals surface area (Å²) in [7, 11) is 1.95. The molecule has 0 saturated carbocycles. The molecule has 0 bridgehead atoms. The van der Waals surface area contributed by atoms with Gasteiger partial charge in [0.05, 0.1) is 11.2 Å². The lowest BCUT2D eigenvalue weighted by Crippen LogP contribution is -2.03. The fourth-order valence-corrected chi connectivity index (χ4v) is 2.35. The van der Waals surface area contributed by atoms with Gasteiger partial charge in [0.15, 0.2) is 0 Å². The number of hydrogen-bond donors (Lipinski definition) is 1. The fourth-order valence-electron chi connectivity index (χ4n) is 2.35. The third-order valence-corrected chi connectivity index (χ3v) is 3.32. The molecule has 3 aromatic rings. The Morgan fingerprint density at radius 1 is 1.20 bits per heavy atom. The maximum absolute atomic E-state index is 4.45. The summed E-state index contributed by atoms with van der Waals surface area (Å²) in [6.07, 6.45) is 4.58. The summed E-state index contributed by atoms with van der Waals surface area (Å²) in [6.45, 7) is 2.84. The molecule has 0 radical (unpaired) electrons. The second kappa shape index (κ2) is 5.28. The Labute approximate surface area is 117 Å². The zero-order valence-electron chi connectivity index (χ0n) is 11.7. The molecular formula is C15H17N5. The van der Waals surface area contributed by atoms with Crippen LogP contribution in [0.15, 0.2) is 36.8 Å². The molecule has 5 nitrogen and oxygen atoms in total. The Morgan fingerprint density at radius 3 is 2.90 bits per heavy atom. The number of fused-ring (bicyclic) bond motifs is 1. The smallest absolute Gasteiger partial charge is 0.137 e. The van der Waals surface area contributed by atoms with Crippen LogP contribution in [0.5, 0.6) is 0 Å². The van der Waals surface area contributed by atoms with Crippen LogP contribution in [0.1, 0.15) is 18.2 Å². The first kappa shape index (κ1) is 12.6. The second-order valence-electron chi connectivity index (χ2n) is 4.72. The lowest BCUT2D eigenvalue weighted by Gasteiger charge is -2.07. The maximum Gasteiger partial charge on any atom is 0.137 e. The van der Waals surface area contributed by atoms with Crippen molar-refractivity contribution in [3.05, 3.63) is 48.0 Å². The molecule has 0 aliphatic rings. The monoisotopic (exact) mass is 267 g/mol.